The minimum Gasteiger partial charge on any atom is -0.351 e. The Hall–Kier alpha value is -2.70. The van der Waals surface area contributed by atoms with Gasteiger partial charge in [0.15, 0.2) is 0 Å². The molecule has 1 aliphatic rings. The third-order valence-corrected chi connectivity index (χ3v) is 3.78. The molecule has 23 heavy (non-hydrogen) atoms. The van der Waals surface area contributed by atoms with Gasteiger partial charge in [0.1, 0.15) is 5.82 Å². The Morgan fingerprint density at radius 1 is 1.57 bits per heavy atom. The number of hydrogen-bond donors (Lipinski definition) is 2. The molecule has 0 aliphatic carbocycles. The van der Waals surface area contributed by atoms with Crippen molar-refractivity contribution in [1.29, 1.82) is 0 Å². The number of fused-ring (bicyclic) bond motifs is 1. The lowest BCUT2D eigenvalue weighted by Crippen LogP contribution is -2.41. The Labute approximate surface area is 132 Å². The number of nitrogens with zero attached hydrogens (tertiary/aromatic N) is 2. The van der Waals surface area contributed by atoms with E-state index in [2.05, 4.69) is 15.7 Å². The molecule has 2 heterocycles. The number of amides is 2. The highest BCUT2D eigenvalue weighted by molar-refractivity contribution is 6.01. The Morgan fingerprint density at radius 2 is 2.39 bits per heavy atom. The monoisotopic (exact) mass is 316 g/mol. The number of anilines is 1. The summed E-state index contributed by atoms with van der Waals surface area (Å²) in [5.74, 6) is -1.59. The summed E-state index contributed by atoms with van der Waals surface area (Å²) in [6, 6.07) is 5.75. The summed E-state index contributed by atoms with van der Waals surface area (Å²) in [4.78, 5) is 24.3. The van der Waals surface area contributed by atoms with Crippen LogP contribution in [0.2, 0.25) is 0 Å². The van der Waals surface area contributed by atoms with Gasteiger partial charge < -0.3 is 10.6 Å². The molecule has 2 atom stereocenters. The minimum absolute atomic E-state index is 0.0545. The number of hydrogen-bond acceptors (Lipinski definition) is 3. The van der Waals surface area contributed by atoms with Crippen LogP contribution in [-0.2, 0) is 16.1 Å². The first-order valence-electron chi connectivity index (χ1n) is 7.40. The Morgan fingerprint density at radius 3 is 3.13 bits per heavy atom. The average molecular weight is 316 g/mol. The lowest BCUT2D eigenvalue weighted by Gasteiger charge is -2.26. The molecule has 6 nitrogen and oxygen atoms in total. The van der Waals surface area contributed by atoms with Crippen molar-refractivity contribution in [1.82, 2.24) is 15.1 Å². The van der Waals surface area contributed by atoms with E-state index in [1.807, 2.05) is 19.2 Å². The second-order valence-electron chi connectivity index (χ2n) is 5.67. The van der Waals surface area contributed by atoms with E-state index in [0.717, 1.165) is 0 Å². The number of carbonyl (C=O) groups excluding carboxylic acids is 2. The normalized spacial score (nSPS) is 18.0. The first-order chi connectivity index (χ1) is 11.0. The molecule has 2 aromatic rings. The molecule has 0 fully saturated rings. The first-order valence-corrected chi connectivity index (χ1v) is 7.40. The SMILES string of the molecule is CC(Cn1cccn1)NC(=O)C1CC(=O)Nc2cc(F)ccc21. The highest BCUT2D eigenvalue weighted by Gasteiger charge is 2.31. The standard InChI is InChI=1S/C16H17FN4O2/c1-10(9-21-6-2-5-18-21)19-16(23)13-8-15(22)20-14-7-11(17)3-4-12(13)14/h2-7,10,13H,8-9H2,1H3,(H,19,23)(H,20,22). The zero-order chi connectivity index (χ0) is 16.4. The van der Waals surface area contributed by atoms with Gasteiger partial charge in [-0.05, 0) is 30.7 Å². The van der Waals surface area contributed by atoms with Gasteiger partial charge >= 0.3 is 0 Å². The summed E-state index contributed by atoms with van der Waals surface area (Å²) in [5.41, 5.74) is 0.996. The van der Waals surface area contributed by atoms with Gasteiger partial charge in [-0.25, -0.2) is 4.39 Å². The fourth-order valence-electron chi connectivity index (χ4n) is 2.75. The summed E-state index contributed by atoms with van der Waals surface area (Å²) >= 11 is 0. The van der Waals surface area contributed by atoms with Crippen LogP contribution in [0.1, 0.15) is 24.8 Å². The average Bonchev–Trinajstić information content (AvgIpc) is 2.98. The third kappa shape index (κ3) is 3.39. The second kappa shape index (κ2) is 6.20. The van der Waals surface area contributed by atoms with Crippen LogP contribution in [0.4, 0.5) is 10.1 Å². The fraction of sp³-hybridized carbons (Fsp3) is 0.312. The molecule has 2 unspecified atom stereocenters. The predicted octanol–water partition coefficient (Wildman–Crippen LogP) is 1.65. The summed E-state index contributed by atoms with van der Waals surface area (Å²) in [6.07, 6.45) is 3.54. The van der Waals surface area contributed by atoms with Crippen LogP contribution in [-0.4, -0.2) is 27.6 Å². The predicted molar refractivity (Wildman–Crippen MR) is 82.2 cm³/mol. The molecule has 0 saturated heterocycles. The maximum atomic E-state index is 13.3. The molecule has 2 N–H and O–H groups in total. The van der Waals surface area contributed by atoms with Gasteiger partial charge in [0.05, 0.1) is 12.5 Å². The molecule has 0 bridgehead atoms. The zero-order valence-corrected chi connectivity index (χ0v) is 12.6. The summed E-state index contributed by atoms with van der Waals surface area (Å²) in [5, 5.41) is 9.59. The number of aromatic nitrogens is 2. The second-order valence-corrected chi connectivity index (χ2v) is 5.67. The molecule has 0 spiro atoms. The van der Waals surface area contributed by atoms with E-state index in [1.54, 1.807) is 16.9 Å². The highest BCUT2D eigenvalue weighted by Crippen LogP contribution is 2.32. The number of nitrogens with one attached hydrogen (secondary N) is 2. The van der Waals surface area contributed by atoms with E-state index >= 15 is 0 Å². The largest absolute Gasteiger partial charge is 0.351 e. The molecule has 1 aromatic heterocycles. The van der Waals surface area contributed by atoms with Crippen LogP contribution in [0.5, 0.6) is 0 Å². The molecule has 3 rings (SSSR count). The molecule has 0 saturated carbocycles. The molecular formula is C16H17FN4O2. The van der Waals surface area contributed by atoms with Crippen molar-refractivity contribution >= 4 is 17.5 Å². The van der Waals surface area contributed by atoms with Crippen LogP contribution in [0.25, 0.3) is 0 Å². The summed E-state index contributed by atoms with van der Waals surface area (Å²) < 4.78 is 15.0. The van der Waals surface area contributed by atoms with Gasteiger partial charge in [-0.2, -0.15) is 5.10 Å². The van der Waals surface area contributed by atoms with Gasteiger partial charge in [0.2, 0.25) is 11.8 Å². The number of carbonyl (C=O) groups is 2. The molecule has 1 aliphatic heterocycles. The van der Waals surface area contributed by atoms with E-state index in [9.17, 15) is 14.0 Å². The van der Waals surface area contributed by atoms with E-state index in [1.165, 1.54) is 12.1 Å². The molecule has 120 valence electrons. The molecular weight excluding hydrogens is 299 g/mol. The van der Waals surface area contributed by atoms with Crippen molar-refractivity contribution in [3.05, 3.63) is 48.0 Å². The van der Waals surface area contributed by atoms with Crippen molar-refractivity contribution in [2.75, 3.05) is 5.32 Å². The Balaban J connectivity index is 1.73. The summed E-state index contributed by atoms with van der Waals surface area (Å²) in [7, 11) is 0. The van der Waals surface area contributed by atoms with Gasteiger partial charge in [-0.3, -0.25) is 14.3 Å². The number of benzene rings is 1. The van der Waals surface area contributed by atoms with Gasteiger partial charge in [-0.15, -0.1) is 0 Å². The van der Waals surface area contributed by atoms with Crippen molar-refractivity contribution in [3.63, 3.8) is 0 Å². The Kier molecular flexibility index (Phi) is 4.10. The smallest absolute Gasteiger partial charge is 0.228 e. The van der Waals surface area contributed by atoms with Crippen molar-refractivity contribution in [2.24, 2.45) is 0 Å². The third-order valence-electron chi connectivity index (χ3n) is 3.78. The van der Waals surface area contributed by atoms with Crippen LogP contribution in [0.15, 0.2) is 36.7 Å². The molecule has 1 aromatic carbocycles. The lowest BCUT2D eigenvalue weighted by molar-refractivity contribution is -0.126. The van der Waals surface area contributed by atoms with Crippen molar-refractivity contribution < 1.29 is 14.0 Å². The first kappa shape index (κ1) is 15.2. The van der Waals surface area contributed by atoms with Gasteiger partial charge in [-0.1, -0.05) is 6.07 Å². The van der Waals surface area contributed by atoms with E-state index in [4.69, 9.17) is 0 Å². The highest BCUT2D eigenvalue weighted by atomic mass is 19.1. The quantitative estimate of drug-likeness (QED) is 0.900. The topological polar surface area (TPSA) is 76.0 Å². The van der Waals surface area contributed by atoms with Crippen LogP contribution < -0.4 is 10.6 Å². The van der Waals surface area contributed by atoms with Gasteiger partial charge in [0, 0.05) is 30.5 Å². The maximum Gasteiger partial charge on any atom is 0.228 e. The Bertz CT molecular complexity index is 730. The molecule has 0 radical (unpaired) electrons. The van der Waals surface area contributed by atoms with E-state index < -0.39 is 11.7 Å². The molecule has 7 heteroatoms. The summed E-state index contributed by atoms with van der Waals surface area (Å²) in [6.45, 7) is 2.40. The number of halogens is 1. The van der Waals surface area contributed by atoms with Crippen LogP contribution in [0.3, 0.4) is 0 Å². The molecule has 2 amide bonds. The fourth-order valence-corrected chi connectivity index (χ4v) is 2.75. The lowest BCUT2D eigenvalue weighted by atomic mass is 9.89. The van der Waals surface area contributed by atoms with Crippen molar-refractivity contribution in [3.8, 4) is 0 Å². The maximum absolute atomic E-state index is 13.3. The zero-order valence-electron chi connectivity index (χ0n) is 12.6. The van der Waals surface area contributed by atoms with E-state index in [-0.39, 0.29) is 24.3 Å². The van der Waals surface area contributed by atoms with E-state index in [0.29, 0.717) is 17.8 Å². The van der Waals surface area contributed by atoms with Crippen LogP contribution in [0, 0.1) is 5.82 Å². The van der Waals surface area contributed by atoms with Gasteiger partial charge in [0.25, 0.3) is 0 Å². The number of rotatable bonds is 4. The van der Waals surface area contributed by atoms with Crippen LogP contribution >= 0.6 is 0 Å². The minimum atomic E-state index is -0.612. The van der Waals surface area contributed by atoms with Crippen molar-refractivity contribution in [2.45, 2.75) is 31.8 Å².